The number of thioether (sulfide) groups is 1. The van der Waals surface area contributed by atoms with Crippen molar-refractivity contribution in [3.05, 3.63) is 35.5 Å². The first-order valence-electron chi connectivity index (χ1n) is 7.25. The lowest BCUT2D eigenvalue weighted by atomic mass is 10.2. The number of halogens is 1. The lowest BCUT2D eigenvalue weighted by Crippen LogP contribution is -2.36. The van der Waals surface area contributed by atoms with Gasteiger partial charge < -0.3 is 5.32 Å². The SMILES string of the molecule is O=C(CSc1nc(-c2ccc(F)cc2)cs1)N[C@@H]1CCS(=O)(=O)C1. The summed E-state index contributed by atoms with van der Waals surface area (Å²) in [5.74, 6) is -0.143. The van der Waals surface area contributed by atoms with Gasteiger partial charge in [-0.15, -0.1) is 11.3 Å². The highest BCUT2D eigenvalue weighted by Gasteiger charge is 2.28. The summed E-state index contributed by atoms with van der Waals surface area (Å²) in [4.78, 5) is 16.3. The third-order valence-corrected chi connectivity index (χ3v) is 7.34. The van der Waals surface area contributed by atoms with Gasteiger partial charge in [-0.3, -0.25) is 4.79 Å². The van der Waals surface area contributed by atoms with Crippen molar-refractivity contribution in [1.82, 2.24) is 10.3 Å². The molecule has 1 amide bonds. The van der Waals surface area contributed by atoms with Crippen molar-refractivity contribution < 1.29 is 17.6 Å². The fourth-order valence-electron chi connectivity index (χ4n) is 2.38. The second-order valence-electron chi connectivity index (χ2n) is 5.46. The summed E-state index contributed by atoms with van der Waals surface area (Å²) in [6, 6.07) is 5.79. The summed E-state index contributed by atoms with van der Waals surface area (Å²) in [5, 5.41) is 4.60. The average molecular weight is 386 g/mol. The summed E-state index contributed by atoms with van der Waals surface area (Å²) in [6.07, 6.45) is 0.477. The first-order chi connectivity index (χ1) is 11.4. The van der Waals surface area contributed by atoms with Crippen molar-refractivity contribution in [2.24, 2.45) is 0 Å². The first kappa shape index (κ1) is 17.4. The number of hydrogen-bond donors (Lipinski definition) is 1. The fourth-order valence-corrected chi connectivity index (χ4v) is 5.70. The Hall–Kier alpha value is -1.45. The number of rotatable bonds is 5. The van der Waals surface area contributed by atoms with E-state index in [0.717, 1.165) is 15.6 Å². The van der Waals surface area contributed by atoms with E-state index in [0.29, 0.717) is 6.42 Å². The Bertz CT molecular complexity index is 834. The Kier molecular flexibility index (Phi) is 5.21. The average Bonchev–Trinajstić information content (AvgIpc) is 3.12. The Labute approximate surface area is 147 Å². The van der Waals surface area contributed by atoms with Gasteiger partial charge in [0.15, 0.2) is 14.2 Å². The van der Waals surface area contributed by atoms with Crippen LogP contribution < -0.4 is 5.32 Å². The number of hydrogen-bond acceptors (Lipinski definition) is 6. The molecule has 0 radical (unpaired) electrons. The zero-order chi connectivity index (χ0) is 17.2. The van der Waals surface area contributed by atoms with Crippen molar-refractivity contribution in [2.45, 2.75) is 16.8 Å². The van der Waals surface area contributed by atoms with E-state index in [1.165, 1.54) is 35.2 Å². The number of thiazole rings is 1. The van der Waals surface area contributed by atoms with Gasteiger partial charge in [0.05, 0.1) is 23.0 Å². The highest BCUT2D eigenvalue weighted by Crippen LogP contribution is 2.28. The molecule has 0 spiro atoms. The maximum absolute atomic E-state index is 12.9. The zero-order valence-corrected chi connectivity index (χ0v) is 15.0. The molecule has 24 heavy (non-hydrogen) atoms. The van der Waals surface area contributed by atoms with E-state index in [9.17, 15) is 17.6 Å². The maximum Gasteiger partial charge on any atom is 0.230 e. The number of sulfone groups is 1. The van der Waals surface area contributed by atoms with Crippen LogP contribution in [0.4, 0.5) is 4.39 Å². The molecule has 1 aromatic heterocycles. The number of aromatic nitrogens is 1. The summed E-state index contributed by atoms with van der Waals surface area (Å²) in [5.41, 5.74) is 1.56. The minimum atomic E-state index is -3.00. The second kappa shape index (κ2) is 7.20. The van der Waals surface area contributed by atoms with Crippen molar-refractivity contribution in [3.63, 3.8) is 0 Å². The maximum atomic E-state index is 12.9. The molecule has 1 aliphatic rings. The van der Waals surface area contributed by atoms with E-state index < -0.39 is 9.84 Å². The number of carbonyl (C=O) groups is 1. The van der Waals surface area contributed by atoms with E-state index in [1.807, 2.05) is 5.38 Å². The smallest absolute Gasteiger partial charge is 0.230 e. The van der Waals surface area contributed by atoms with Crippen LogP contribution in [-0.2, 0) is 14.6 Å². The number of benzene rings is 1. The van der Waals surface area contributed by atoms with Gasteiger partial charge in [0.2, 0.25) is 5.91 Å². The molecule has 1 fully saturated rings. The highest BCUT2D eigenvalue weighted by molar-refractivity contribution is 8.01. The lowest BCUT2D eigenvalue weighted by molar-refractivity contribution is -0.119. The number of nitrogens with zero attached hydrogens (tertiary/aromatic N) is 1. The van der Waals surface area contributed by atoms with Crippen LogP contribution >= 0.6 is 23.1 Å². The largest absolute Gasteiger partial charge is 0.352 e. The molecule has 2 aromatic rings. The van der Waals surface area contributed by atoms with E-state index in [4.69, 9.17) is 0 Å². The van der Waals surface area contributed by atoms with Gasteiger partial charge in [0, 0.05) is 17.0 Å². The normalized spacial score (nSPS) is 19.3. The summed E-state index contributed by atoms with van der Waals surface area (Å²) >= 11 is 2.72. The van der Waals surface area contributed by atoms with Crippen LogP contribution in [0.3, 0.4) is 0 Å². The zero-order valence-electron chi connectivity index (χ0n) is 12.6. The van der Waals surface area contributed by atoms with Gasteiger partial charge in [-0.2, -0.15) is 0 Å². The number of amides is 1. The van der Waals surface area contributed by atoms with Crippen LogP contribution in [0, 0.1) is 5.82 Å². The van der Waals surface area contributed by atoms with Gasteiger partial charge in [-0.1, -0.05) is 11.8 Å². The van der Waals surface area contributed by atoms with E-state index in [-0.39, 0.29) is 35.0 Å². The third-order valence-electron chi connectivity index (χ3n) is 3.55. The summed E-state index contributed by atoms with van der Waals surface area (Å²) < 4.78 is 36.4. The molecule has 1 N–H and O–H groups in total. The van der Waals surface area contributed by atoms with Crippen molar-refractivity contribution in [2.75, 3.05) is 17.3 Å². The van der Waals surface area contributed by atoms with Crippen LogP contribution in [0.25, 0.3) is 11.3 Å². The predicted molar refractivity (Wildman–Crippen MR) is 93.4 cm³/mol. The molecule has 5 nitrogen and oxygen atoms in total. The second-order valence-corrected chi connectivity index (χ2v) is 9.77. The van der Waals surface area contributed by atoms with Crippen LogP contribution in [0.2, 0.25) is 0 Å². The van der Waals surface area contributed by atoms with Crippen LogP contribution in [0.15, 0.2) is 34.0 Å². The topological polar surface area (TPSA) is 76.1 Å². The molecule has 0 unspecified atom stereocenters. The molecule has 1 atom stereocenters. The van der Waals surface area contributed by atoms with Gasteiger partial charge in [-0.25, -0.2) is 17.8 Å². The molecule has 0 aliphatic carbocycles. The minimum Gasteiger partial charge on any atom is -0.352 e. The van der Waals surface area contributed by atoms with Crippen molar-refractivity contribution in [1.29, 1.82) is 0 Å². The van der Waals surface area contributed by atoms with Crippen molar-refractivity contribution in [3.8, 4) is 11.3 Å². The molecule has 3 rings (SSSR count). The van der Waals surface area contributed by atoms with E-state index in [2.05, 4.69) is 10.3 Å². The Balaban J connectivity index is 1.52. The number of nitrogens with one attached hydrogen (secondary N) is 1. The summed E-state index contributed by atoms with van der Waals surface area (Å²) in [7, 11) is -3.00. The van der Waals surface area contributed by atoms with Crippen LogP contribution in [-0.4, -0.2) is 42.6 Å². The monoisotopic (exact) mass is 386 g/mol. The van der Waals surface area contributed by atoms with Gasteiger partial charge in [0.25, 0.3) is 0 Å². The van der Waals surface area contributed by atoms with Crippen molar-refractivity contribution >= 4 is 38.8 Å². The van der Waals surface area contributed by atoms with E-state index in [1.54, 1.807) is 12.1 Å². The molecule has 1 saturated heterocycles. The van der Waals surface area contributed by atoms with Gasteiger partial charge in [0.1, 0.15) is 5.82 Å². The minimum absolute atomic E-state index is 0.0232. The van der Waals surface area contributed by atoms with Crippen LogP contribution in [0.1, 0.15) is 6.42 Å². The molecule has 2 heterocycles. The standard InChI is InChI=1S/C15H15FN2O3S3/c16-11-3-1-10(2-4-11)13-7-22-15(18-13)23-8-14(19)17-12-5-6-24(20,21)9-12/h1-4,7,12H,5-6,8-9H2,(H,17,19)/t12-/m1/s1. The lowest BCUT2D eigenvalue weighted by Gasteiger charge is -2.09. The van der Waals surface area contributed by atoms with Crippen LogP contribution in [0.5, 0.6) is 0 Å². The molecule has 1 aliphatic heterocycles. The molecule has 0 saturated carbocycles. The van der Waals surface area contributed by atoms with Gasteiger partial charge >= 0.3 is 0 Å². The highest BCUT2D eigenvalue weighted by atomic mass is 32.2. The summed E-state index contributed by atoms with van der Waals surface area (Å²) in [6.45, 7) is 0. The van der Waals surface area contributed by atoms with E-state index >= 15 is 0 Å². The third kappa shape index (κ3) is 4.55. The first-order valence-corrected chi connectivity index (χ1v) is 10.9. The Morgan fingerprint density at radius 1 is 1.38 bits per heavy atom. The predicted octanol–water partition coefficient (Wildman–Crippen LogP) is 2.34. The fraction of sp³-hybridized carbons (Fsp3) is 0.333. The Morgan fingerprint density at radius 3 is 2.79 bits per heavy atom. The number of carbonyl (C=O) groups excluding carboxylic acids is 1. The molecule has 9 heteroatoms. The molecule has 128 valence electrons. The molecular weight excluding hydrogens is 371 g/mol. The van der Waals surface area contributed by atoms with Gasteiger partial charge in [-0.05, 0) is 30.7 Å². The Morgan fingerprint density at radius 2 is 2.12 bits per heavy atom. The molecule has 0 bridgehead atoms. The molecule has 1 aromatic carbocycles. The molecular formula is C15H15FN2O3S3. The quantitative estimate of drug-likeness (QED) is 0.799.